The van der Waals surface area contributed by atoms with Crippen molar-refractivity contribution in [2.45, 2.75) is 31.8 Å². The predicted molar refractivity (Wildman–Crippen MR) is 72.5 cm³/mol. The van der Waals surface area contributed by atoms with Crippen LogP contribution in [0.4, 0.5) is 0 Å². The van der Waals surface area contributed by atoms with Gasteiger partial charge in [0.2, 0.25) is 0 Å². The first kappa shape index (κ1) is 13.0. The van der Waals surface area contributed by atoms with Crippen LogP contribution in [0, 0.1) is 0 Å². The molecule has 0 radical (unpaired) electrons. The lowest BCUT2D eigenvalue weighted by Crippen LogP contribution is -2.59. The molecule has 2 N–H and O–H groups in total. The maximum atomic E-state index is 6.40. The molecule has 96 valence electrons. The Labute approximate surface area is 108 Å². The van der Waals surface area contributed by atoms with E-state index in [1.807, 2.05) is 0 Å². The van der Waals surface area contributed by atoms with E-state index in [1.54, 1.807) is 11.3 Å². The number of hydrogen-bond donors (Lipinski definition) is 1. The second kappa shape index (κ2) is 5.48. The van der Waals surface area contributed by atoms with Crippen LogP contribution < -0.4 is 5.73 Å². The molecular formula is C13H22N2OS. The van der Waals surface area contributed by atoms with Crippen LogP contribution >= 0.6 is 11.3 Å². The summed E-state index contributed by atoms with van der Waals surface area (Å²) < 4.78 is 5.40. The zero-order chi connectivity index (χ0) is 12.3. The van der Waals surface area contributed by atoms with Crippen molar-refractivity contribution in [3.63, 3.8) is 0 Å². The summed E-state index contributed by atoms with van der Waals surface area (Å²) in [7, 11) is 0. The van der Waals surface area contributed by atoms with Crippen molar-refractivity contribution in [3.05, 3.63) is 22.4 Å². The van der Waals surface area contributed by atoms with Crippen LogP contribution in [0.3, 0.4) is 0 Å². The molecule has 4 heteroatoms. The Bertz CT molecular complexity index is 331. The first-order chi connectivity index (χ1) is 8.10. The zero-order valence-electron chi connectivity index (χ0n) is 10.7. The van der Waals surface area contributed by atoms with Gasteiger partial charge in [0, 0.05) is 24.7 Å². The van der Waals surface area contributed by atoms with E-state index in [2.05, 4.69) is 35.6 Å². The topological polar surface area (TPSA) is 38.5 Å². The van der Waals surface area contributed by atoms with Gasteiger partial charge in [-0.15, -0.1) is 0 Å². The molecule has 1 atom stereocenters. The van der Waals surface area contributed by atoms with E-state index in [9.17, 15) is 0 Å². The largest absolute Gasteiger partial charge is 0.379 e. The smallest absolute Gasteiger partial charge is 0.0594 e. The van der Waals surface area contributed by atoms with Crippen molar-refractivity contribution in [1.82, 2.24) is 4.90 Å². The van der Waals surface area contributed by atoms with Crippen LogP contribution in [-0.2, 0) is 11.2 Å². The third-order valence-corrected chi connectivity index (χ3v) is 4.50. The van der Waals surface area contributed by atoms with Gasteiger partial charge >= 0.3 is 0 Å². The van der Waals surface area contributed by atoms with Gasteiger partial charge in [-0.25, -0.2) is 0 Å². The molecule has 0 spiro atoms. The number of ether oxygens (including phenoxy) is 1. The van der Waals surface area contributed by atoms with E-state index in [0.717, 1.165) is 32.7 Å². The van der Waals surface area contributed by atoms with E-state index in [-0.39, 0.29) is 11.6 Å². The van der Waals surface area contributed by atoms with Crippen molar-refractivity contribution >= 4 is 11.3 Å². The second-order valence-corrected chi connectivity index (χ2v) is 5.98. The molecule has 2 heterocycles. The van der Waals surface area contributed by atoms with Gasteiger partial charge in [-0.2, -0.15) is 11.3 Å². The van der Waals surface area contributed by atoms with Gasteiger partial charge in [0.25, 0.3) is 0 Å². The Kier molecular flexibility index (Phi) is 4.20. The average Bonchev–Trinajstić information content (AvgIpc) is 2.83. The number of nitrogens with zero attached hydrogens (tertiary/aromatic N) is 1. The molecule has 0 aliphatic carbocycles. The fourth-order valence-electron chi connectivity index (χ4n) is 2.29. The minimum absolute atomic E-state index is 0.0334. The molecule has 1 fully saturated rings. The zero-order valence-corrected chi connectivity index (χ0v) is 11.5. The second-order valence-electron chi connectivity index (χ2n) is 5.20. The van der Waals surface area contributed by atoms with Crippen molar-refractivity contribution in [1.29, 1.82) is 0 Å². The summed E-state index contributed by atoms with van der Waals surface area (Å²) in [6, 6.07) is 2.33. The van der Waals surface area contributed by atoms with Gasteiger partial charge in [-0.1, -0.05) is 0 Å². The third-order valence-electron chi connectivity index (χ3n) is 3.77. The molecular weight excluding hydrogens is 232 g/mol. The van der Waals surface area contributed by atoms with Crippen LogP contribution in [0.15, 0.2) is 16.8 Å². The van der Waals surface area contributed by atoms with Crippen LogP contribution in [0.1, 0.15) is 19.4 Å². The minimum atomic E-state index is 0.0334. The summed E-state index contributed by atoms with van der Waals surface area (Å²) in [5.41, 5.74) is 7.78. The summed E-state index contributed by atoms with van der Waals surface area (Å²) in [6.45, 7) is 8.13. The number of nitrogens with two attached hydrogens (primary N) is 1. The highest BCUT2D eigenvalue weighted by Gasteiger charge is 2.33. The molecule has 0 aromatic carbocycles. The van der Waals surface area contributed by atoms with Crippen molar-refractivity contribution in [3.8, 4) is 0 Å². The third kappa shape index (κ3) is 3.07. The monoisotopic (exact) mass is 254 g/mol. The fourth-order valence-corrected chi connectivity index (χ4v) is 2.97. The minimum Gasteiger partial charge on any atom is -0.379 e. The Morgan fingerprint density at radius 2 is 2.18 bits per heavy atom. The molecule has 2 rings (SSSR count). The Morgan fingerprint density at radius 1 is 1.47 bits per heavy atom. The molecule has 0 bridgehead atoms. The first-order valence-electron chi connectivity index (χ1n) is 6.20. The van der Waals surface area contributed by atoms with Crippen LogP contribution in [0.2, 0.25) is 0 Å². The van der Waals surface area contributed by atoms with Gasteiger partial charge < -0.3 is 10.5 Å². The fraction of sp³-hybridized carbons (Fsp3) is 0.692. The number of morpholine rings is 1. The SMILES string of the molecule is CC(C)(C(N)Cc1ccsc1)N1CCOCC1. The molecule has 1 unspecified atom stereocenters. The molecule has 1 aromatic rings. The Balaban J connectivity index is 1.98. The quantitative estimate of drug-likeness (QED) is 0.889. The normalized spacial score (nSPS) is 20.4. The summed E-state index contributed by atoms with van der Waals surface area (Å²) in [5.74, 6) is 0. The van der Waals surface area contributed by atoms with E-state index >= 15 is 0 Å². The highest BCUT2D eigenvalue weighted by molar-refractivity contribution is 7.07. The molecule has 1 aliphatic heterocycles. The standard InChI is InChI=1S/C13H22N2OS/c1-13(2,15-4-6-16-7-5-15)12(14)9-11-3-8-17-10-11/h3,8,10,12H,4-7,9,14H2,1-2H3. The van der Waals surface area contributed by atoms with Crippen LogP contribution in [0.25, 0.3) is 0 Å². The highest BCUT2D eigenvalue weighted by atomic mass is 32.1. The van der Waals surface area contributed by atoms with Gasteiger partial charge in [-0.05, 0) is 42.7 Å². The molecule has 3 nitrogen and oxygen atoms in total. The lowest BCUT2D eigenvalue weighted by atomic mass is 9.88. The van der Waals surface area contributed by atoms with E-state index < -0.39 is 0 Å². The average molecular weight is 254 g/mol. The van der Waals surface area contributed by atoms with Crippen molar-refractivity contribution in [2.75, 3.05) is 26.3 Å². The lowest BCUT2D eigenvalue weighted by Gasteiger charge is -2.44. The summed E-state index contributed by atoms with van der Waals surface area (Å²) in [4.78, 5) is 2.45. The van der Waals surface area contributed by atoms with Crippen molar-refractivity contribution < 1.29 is 4.74 Å². The summed E-state index contributed by atoms with van der Waals surface area (Å²) in [5, 5.41) is 4.30. The van der Waals surface area contributed by atoms with Crippen LogP contribution in [-0.4, -0.2) is 42.8 Å². The van der Waals surface area contributed by atoms with E-state index in [0.29, 0.717) is 0 Å². The number of thiophene rings is 1. The Morgan fingerprint density at radius 3 is 2.76 bits per heavy atom. The first-order valence-corrected chi connectivity index (χ1v) is 7.14. The molecule has 0 amide bonds. The molecule has 1 saturated heterocycles. The molecule has 17 heavy (non-hydrogen) atoms. The number of hydrogen-bond acceptors (Lipinski definition) is 4. The van der Waals surface area contributed by atoms with E-state index in [1.165, 1.54) is 5.56 Å². The van der Waals surface area contributed by atoms with Crippen molar-refractivity contribution in [2.24, 2.45) is 5.73 Å². The van der Waals surface area contributed by atoms with E-state index in [4.69, 9.17) is 10.5 Å². The Hall–Kier alpha value is -0.420. The summed E-state index contributed by atoms with van der Waals surface area (Å²) >= 11 is 1.74. The predicted octanol–water partition coefficient (Wildman–Crippen LogP) is 1.73. The van der Waals surface area contributed by atoms with Gasteiger partial charge in [0.05, 0.1) is 13.2 Å². The highest BCUT2D eigenvalue weighted by Crippen LogP contribution is 2.22. The molecule has 1 aromatic heterocycles. The van der Waals surface area contributed by atoms with Crippen LogP contribution in [0.5, 0.6) is 0 Å². The maximum Gasteiger partial charge on any atom is 0.0594 e. The lowest BCUT2D eigenvalue weighted by molar-refractivity contribution is -0.0186. The summed E-state index contributed by atoms with van der Waals surface area (Å²) in [6.07, 6.45) is 0.952. The number of rotatable bonds is 4. The molecule has 0 saturated carbocycles. The molecule has 1 aliphatic rings. The maximum absolute atomic E-state index is 6.40. The van der Waals surface area contributed by atoms with Gasteiger partial charge in [-0.3, -0.25) is 4.90 Å². The van der Waals surface area contributed by atoms with Gasteiger partial charge in [0.15, 0.2) is 0 Å². The van der Waals surface area contributed by atoms with Gasteiger partial charge in [0.1, 0.15) is 0 Å².